The van der Waals surface area contributed by atoms with Crippen molar-refractivity contribution >= 4 is 17.7 Å². The van der Waals surface area contributed by atoms with Crippen LogP contribution in [0.3, 0.4) is 0 Å². The summed E-state index contributed by atoms with van der Waals surface area (Å²) in [4.78, 5) is 33.7. The Bertz CT molecular complexity index is 235. The van der Waals surface area contributed by atoms with Crippen molar-refractivity contribution in [1.82, 2.24) is 10.2 Å². The highest BCUT2D eigenvalue weighted by Gasteiger charge is 2.21. The SMILES string of the molecule is NC(=O)CCN1CC(=O)NC(=O)C1. The number of nitrogens with zero attached hydrogens (tertiary/aromatic N) is 1. The standard InChI is InChI=1S/C7H11N3O3/c8-5(11)1-2-10-3-6(12)9-7(13)4-10/h1-4H2,(H2,8,11)(H,9,12,13). The van der Waals surface area contributed by atoms with Gasteiger partial charge in [-0.1, -0.05) is 0 Å². The summed E-state index contributed by atoms with van der Waals surface area (Å²) in [6.07, 6.45) is 0.167. The van der Waals surface area contributed by atoms with Crippen LogP contribution in [0.2, 0.25) is 0 Å². The Morgan fingerprint density at radius 3 is 2.38 bits per heavy atom. The summed E-state index contributed by atoms with van der Waals surface area (Å²) in [6.45, 7) is 0.659. The second-order valence-corrected chi connectivity index (χ2v) is 2.90. The first-order chi connectivity index (χ1) is 6.08. The summed E-state index contributed by atoms with van der Waals surface area (Å²) in [6, 6.07) is 0. The van der Waals surface area contributed by atoms with Crippen LogP contribution in [0.15, 0.2) is 0 Å². The van der Waals surface area contributed by atoms with E-state index in [9.17, 15) is 14.4 Å². The smallest absolute Gasteiger partial charge is 0.240 e. The van der Waals surface area contributed by atoms with Crippen molar-refractivity contribution in [3.05, 3.63) is 0 Å². The van der Waals surface area contributed by atoms with E-state index in [1.807, 2.05) is 0 Å². The van der Waals surface area contributed by atoms with Gasteiger partial charge in [0.05, 0.1) is 13.1 Å². The molecule has 13 heavy (non-hydrogen) atoms. The van der Waals surface area contributed by atoms with Gasteiger partial charge < -0.3 is 5.73 Å². The van der Waals surface area contributed by atoms with Crippen molar-refractivity contribution in [2.45, 2.75) is 6.42 Å². The van der Waals surface area contributed by atoms with Crippen molar-refractivity contribution in [2.24, 2.45) is 5.73 Å². The maximum absolute atomic E-state index is 10.8. The third-order valence-electron chi connectivity index (χ3n) is 1.69. The van der Waals surface area contributed by atoms with Gasteiger partial charge in [0.2, 0.25) is 17.7 Å². The quantitative estimate of drug-likeness (QED) is 0.489. The number of hydrogen-bond donors (Lipinski definition) is 2. The average molecular weight is 185 g/mol. The molecule has 1 fully saturated rings. The summed E-state index contributed by atoms with van der Waals surface area (Å²) in [7, 11) is 0. The predicted molar refractivity (Wildman–Crippen MR) is 43.4 cm³/mol. The molecule has 1 saturated heterocycles. The minimum Gasteiger partial charge on any atom is -0.370 e. The molecular weight excluding hydrogens is 174 g/mol. The topological polar surface area (TPSA) is 92.5 Å². The van der Waals surface area contributed by atoms with E-state index in [-0.39, 0.29) is 31.3 Å². The third-order valence-corrected chi connectivity index (χ3v) is 1.69. The van der Waals surface area contributed by atoms with Crippen LogP contribution >= 0.6 is 0 Å². The predicted octanol–water partition coefficient (Wildman–Crippen LogP) is -2.18. The summed E-state index contributed by atoms with van der Waals surface area (Å²) in [5.74, 6) is -1.10. The van der Waals surface area contributed by atoms with Crippen molar-refractivity contribution in [3.63, 3.8) is 0 Å². The lowest BCUT2D eigenvalue weighted by Gasteiger charge is -2.24. The van der Waals surface area contributed by atoms with Crippen LogP contribution in [-0.2, 0) is 14.4 Å². The van der Waals surface area contributed by atoms with E-state index in [0.717, 1.165) is 0 Å². The first-order valence-electron chi connectivity index (χ1n) is 3.91. The molecule has 0 atom stereocenters. The molecule has 1 rings (SSSR count). The van der Waals surface area contributed by atoms with Gasteiger partial charge in [0.15, 0.2) is 0 Å². The van der Waals surface area contributed by atoms with Crippen molar-refractivity contribution in [1.29, 1.82) is 0 Å². The van der Waals surface area contributed by atoms with Crippen LogP contribution in [0.25, 0.3) is 0 Å². The summed E-state index contributed by atoms with van der Waals surface area (Å²) >= 11 is 0. The second-order valence-electron chi connectivity index (χ2n) is 2.90. The normalized spacial score (nSPS) is 18.5. The lowest BCUT2D eigenvalue weighted by Crippen LogP contribution is -2.51. The molecule has 0 bridgehead atoms. The first-order valence-corrected chi connectivity index (χ1v) is 3.91. The Morgan fingerprint density at radius 2 is 1.92 bits per heavy atom. The Balaban J connectivity index is 2.37. The lowest BCUT2D eigenvalue weighted by atomic mass is 10.3. The molecule has 0 aromatic rings. The number of carbonyl (C=O) groups is 3. The molecule has 3 N–H and O–H groups in total. The van der Waals surface area contributed by atoms with Gasteiger partial charge in [0.1, 0.15) is 0 Å². The van der Waals surface area contributed by atoms with Crippen molar-refractivity contribution in [3.8, 4) is 0 Å². The molecule has 0 aliphatic carbocycles. The number of amides is 3. The molecule has 0 aromatic heterocycles. The number of primary amides is 1. The van der Waals surface area contributed by atoms with Gasteiger partial charge in [-0.05, 0) is 0 Å². The molecule has 0 saturated carbocycles. The zero-order valence-corrected chi connectivity index (χ0v) is 7.08. The van der Waals surface area contributed by atoms with Crippen LogP contribution < -0.4 is 11.1 Å². The number of carbonyl (C=O) groups excluding carboxylic acids is 3. The van der Waals surface area contributed by atoms with Gasteiger partial charge in [-0.15, -0.1) is 0 Å². The van der Waals surface area contributed by atoms with E-state index in [0.29, 0.717) is 6.54 Å². The molecule has 1 aliphatic rings. The zero-order valence-electron chi connectivity index (χ0n) is 7.08. The summed E-state index contributed by atoms with van der Waals surface area (Å²) in [5, 5.41) is 2.16. The molecule has 6 nitrogen and oxygen atoms in total. The molecule has 0 aromatic carbocycles. The summed E-state index contributed by atoms with van der Waals surface area (Å²) < 4.78 is 0. The van der Waals surface area contributed by atoms with E-state index in [4.69, 9.17) is 5.73 Å². The van der Waals surface area contributed by atoms with E-state index >= 15 is 0 Å². The zero-order chi connectivity index (χ0) is 9.84. The maximum atomic E-state index is 10.8. The molecule has 0 unspecified atom stereocenters. The Morgan fingerprint density at radius 1 is 1.38 bits per heavy atom. The van der Waals surface area contributed by atoms with Gasteiger partial charge >= 0.3 is 0 Å². The third kappa shape index (κ3) is 3.20. The number of rotatable bonds is 3. The monoisotopic (exact) mass is 185 g/mol. The molecule has 0 spiro atoms. The second kappa shape index (κ2) is 3.99. The van der Waals surface area contributed by atoms with Crippen LogP contribution in [0.1, 0.15) is 6.42 Å². The fourth-order valence-corrected chi connectivity index (χ4v) is 1.12. The van der Waals surface area contributed by atoms with E-state index in [1.54, 1.807) is 4.90 Å². The number of piperazine rings is 1. The summed E-state index contributed by atoms with van der Waals surface area (Å²) in [5.41, 5.74) is 4.93. The van der Waals surface area contributed by atoms with E-state index in [2.05, 4.69) is 5.32 Å². The molecule has 6 heteroatoms. The largest absolute Gasteiger partial charge is 0.370 e. The molecule has 1 heterocycles. The minimum atomic E-state index is -0.432. The van der Waals surface area contributed by atoms with E-state index < -0.39 is 5.91 Å². The molecular formula is C7H11N3O3. The maximum Gasteiger partial charge on any atom is 0.240 e. The fourth-order valence-electron chi connectivity index (χ4n) is 1.12. The van der Waals surface area contributed by atoms with Crippen LogP contribution in [0, 0.1) is 0 Å². The van der Waals surface area contributed by atoms with Gasteiger partial charge in [-0.25, -0.2) is 0 Å². The molecule has 3 amide bonds. The Hall–Kier alpha value is -1.43. The molecule has 1 aliphatic heterocycles. The lowest BCUT2D eigenvalue weighted by molar-refractivity contribution is -0.136. The van der Waals surface area contributed by atoms with Crippen LogP contribution in [0.5, 0.6) is 0 Å². The Labute approximate surface area is 75.1 Å². The highest BCUT2D eigenvalue weighted by molar-refractivity contribution is 5.99. The number of imide groups is 1. The van der Waals surface area contributed by atoms with Crippen LogP contribution in [0.4, 0.5) is 0 Å². The van der Waals surface area contributed by atoms with Gasteiger partial charge in [0.25, 0.3) is 0 Å². The molecule has 72 valence electrons. The van der Waals surface area contributed by atoms with Gasteiger partial charge in [0, 0.05) is 13.0 Å². The van der Waals surface area contributed by atoms with Gasteiger partial charge in [-0.2, -0.15) is 0 Å². The highest BCUT2D eigenvalue weighted by Crippen LogP contribution is 1.95. The molecule has 0 radical (unpaired) electrons. The number of nitrogens with one attached hydrogen (secondary N) is 1. The first kappa shape index (κ1) is 9.66. The van der Waals surface area contributed by atoms with Crippen LogP contribution in [-0.4, -0.2) is 42.3 Å². The average Bonchev–Trinajstić information content (AvgIpc) is 1.99. The minimum absolute atomic E-state index is 0.152. The van der Waals surface area contributed by atoms with Crippen molar-refractivity contribution in [2.75, 3.05) is 19.6 Å². The number of nitrogens with two attached hydrogens (primary N) is 1. The van der Waals surface area contributed by atoms with Crippen molar-refractivity contribution < 1.29 is 14.4 Å². The van der Waals surface area contributed by atoms with Gasteiger partial charge in [-0.3, -0.25) is 24.6 Å². The Kier molecular flexibility index (Phi) is 2.97. The fraction of sp³-hybridized carbons (Fsp3) is 0.571. The number of hydrogen-bond acceptors (Lipinski definition) is 4. The van der Waals surface area contributed by atoms with E-state index in [1.165, 1.54) is 0 Å². The highest BCUT2D eigenvalue weighted by atomic mass is 16.2.